The standard InChI is InChI=1S/C16H35N5O2S/c1-4-17-16(19-11-12-20-24(22,23)5-2)18-10-8-14-21-13-7-6-9-15(21)3/h15,20H,4-14H2,1-3H3,(H2,17,18,19). The van der Waals surface area contributed by atoms with Gasteiger partial charge in [0, 0.05) is 38.8 Å². The summed E-state index contributed by atoms with van der Waals surface area (Å²) >= 11 is 0. The molecule has 1 heterocycles. The molecule has 0 amide bonds. The summed E-state index contributed by atoms with van der Waals surface area (Å²) in [6.07, 6.45) is 5.02. The van der Waals surface area contributed by atoms with E-state index in [4.69, 9.17) is 0 Å². The third-order valence-electron chi connectivity index (χ3n) is 4.28. The number of nitrogens with zero attached hydrogens (tertiary/aromatic N) is 2. The average molecular weight is 362 g/mol. The molecule has 0 radical (unpaired) electrons. The van der Waals surface area contributed by atoms with Crippen molar-refractivity contribution in [1.29, 1.82) is 0 Å². The SMILES string of the molecule is CCNC(=NCCCN1CCCCC1C)NCCNS(=O)(=O)CC. The summed E-state index contributed by atoms with van der Waals surface area (Å²) in [5.41, 5.74) is 0. The van der Waals surface area contributed by atoms with E-state index in [9.17, 15) is 8.42 Å². The minimum atomic E-state index is -3.12. The molecule has 1 unspecified atom stereocenters. The molecule has 8 heteroatoms. The zero-order valence-corrected chi connectivity index (χ0v) is 16.3. The van der Waals surface area contributed by atoms with Crippen molar-refractivity contribution in [3.63, 3.8) is 0 Å². The molecular weight excluding hydrogens is 326 g/mol. The molecule has 7 nitrogen and oxygen atoms in total. The molecule has 24 heavy (non-hydrogen) atoms. The minimum absolute atomic E-state index is 0.107. The Balaban J connectivity index is 2.26. The Hall–Kier alpha value is -0.860. The van der Waals surface area contributed by atoms with E-state index in [1.54, 1.807) is 6.92 Å². The van der Waals surface area contributed by atoms with E-state index in [0.717, 1.165) is 32.0 Å². The first-order valence-electron chi connectivity index (χ1n) is 9.22. The van der Waals surface area contributed by atoms with Gasteiger partial charge in [-0.15, -0.1) is 0 Å². The molecule has 0 saturated carbocycles. The van der Waals surface area contributed by atoms with Crippen molar-refractivity contribution in [2.45, 2.75) is 52.5 Å². The monoisotopic (exact) mass is 361 g/mol. The quantitative estimate of drug-likeness (QED) is 0.304. The van der Waals surface area contributed by atoms with Gasteiger partial charge in [-0.1, -0.05) is 6.42 Å². The van der Waals surface area contributed by atoms with Gasteiger partial charge in [0.25, 0.3) is 0 Å². The van der Waals surface area contributed by atoms with E-state index in [1.165, 1.54) is 25.8 Å². The molecule has 1 rings (SSSR count). The van der Waals surface area contributed by atoms with Crippen molar-refractivity contribution in [3.05, 3.63) is 0 Å². The molecule has 1 fully saturated rings. The fourth-order valence-electron chi connectivity index (χ4n) is 2.79. The number of hydrogen-bond acceptors (Lipinski definition) is 4. The lowest BCUT2D eigenvalue weighted by atomic mass is 10.0. The molecule has 1 saturated heterocycles. The highest BCUT2D eigenvalue weighted by Crippen LogP contribution is 2.16. The second-order valence-corrected chi connectivity index (χ2v) is 8.32. The maximum atomic E-state index is 11.4. The summed E-state index contributed by atoms with van der Waals surface area (Å²) in [5.74, 6) is 0.857. The molecule has 0 aliphatic carbocycles. The van der Waals surface area contributed by atoms with Crippen LogP contribution >= 0.6 is 0 Å². The number of sulfonamides is 1. The van der Waals surface area contributed by atoms with Gasteiger partial charge < -0.3 is 15.5 Å². The molecular formula is C16H35N5O2S. The van der Waals surface area contributed by atoms with Crippen molar-refractivity contribution in [2.24, 2.45) is 4.99 Å². The lowest BCUT2D eigenvalue weighted by Gasteiger charge is -2.33. The third kappa shape index (κ3) is 8.84. The van der Waals surface area contributed by atoms with Crippen LogP contribution in [-0.4, -0.2) is 70.3 Å². The van der Waals surface area contributed by atoms with E-state index in [-0.39, 0.29) is 5.75 Å². The molecule has 0 aromatic carbocycles. The topological polar surface area (TPSA) is 85.8 Å². The summed E-state index contributed by atoms with van der Waals surface area (Å²) < 4.78 is 25.3. The van der Waals surface area contributed by atoms with Crippen LogP contribution < -0.4 is 15.4 Å². The molecule has 3 N–H and O–H groups in total. The van der Waals surface area contributed by atoms with Crippen molar-refractivity contribution < 1.29 is 8.42 Å². The summed E-state index contributed by atoms with van der Waals surface area (Å²) in [5, 5.41) is 6.35. The van der Waals surface area contributed by atoms with Gasteiger partial charge in [0.05, 0.1) is 5.75 Å². The van der Waals surface area contributed by atoms with E-state index in [0.29, 0.717) is 19.1 Å². The number of piperidine rings is 1. The van der Waals surface area contributed by atoms with Gasteiger partial charge in [-0.25, -0.2) is 13.1 Å². The van der Waals surface area contributed by atoms with Crippen LogP contribution in [0, 0.1) is 0 Å². The Morgan fingerprint density at radius 2 is 2.00 bits per heavy atom. The first-order valence-corrected chi connectivity index (χ1v) is 10.9. The molecule has 0 aromatic rings. The highest BCUT2D eigenvalue weighted by atomic mass is 32.2. The summed E-state index contributed by atoms with van der Waals surface area (Å²) in [7, 11) is -3.12. The van der Waals surface area contributed by atoms with Gasteiger partial charge >= 0.3 is 0 Å². The molecule has 0 aromatic heterocycles. The lowest BCUT2D eigenvalue weighted by Crippen LogP contribution is -2.42. The lowest BCUT2D eigenvalue weighted by molar-refractivity contribution is 0.160. The van der Waals surface area contributed by atoms with E-state index >= 15 is 0 Å². The average Bonchev–Trinajstić information content (AvgIpc) is 2.57. The highest BCUT2D eigenvalue weighted by Gasteiger charge is 2.16. The van der Waals surface area contributed by atoms with E-state index in [2.05, 4.69) is 32.2 Å². The molecule has 1 aliphatic rings. The van der Waals surface area contributed by atoms with Crippen LogP contribution in [0.1, 0.15) is 46.5 Å². The number of hydrogen-bond donors (Lipinski definition) is 3. The second-order valence-electron chi connectivity index (χ2n) is 6.22. The molecule has 1 aliphatic heterocycles. The normalized spacial score (nSPS) is 20.1. The van der Waals surface area contributed by atoms with Gasteiger partial charge in [0.15, 0.2) is 5.96 Å². The Morgan fingerprint density at radius 1 is 1.21 bits per heavy atom. The summed E-state index contributed by atoms with van der Waals surface area (Å²) in [4.78, 5) is 7.12. The van der Waals surface area contributed by atoms with Gasteiger partial charge in [0.2, 0.25) is 10.0 Å². The predicted octanol–water partition coefficient (Wildman–Crippen LogP) is 0.745. The van der Waals surface area contributed by atoms with Crippen LogP contribution in [-0.2, 0) is 10.0 Å². The zero-order chi connectivity index (χ0) is 17.8. The van der Waals surface area contributed by atoms with E-state index in [1.807, 2.05) is 6.92 Å². The van der Waals surface area contributed by atoms with Crippen LogP contribution in [0.25, 0.3) is 0 Å². The maximum Gasteiger partial charge on any atom is 0.211 e. The number of rotatable bonds is 10. The third-order valence-corrected chi connectivity index (χ3v) is 5.68. The van der Waals surface area contributed by atoms with Crippen LogP contribution in [0.5, 0.6) is 0 Å². The number of nitrogens with one attached hydrogen (secondary N) is 3. The van der Waals surface area contributed by atoms with Gasteiger partial charge in [-0.3, -0.25) is 4.99 Å². The first kappa shape index (κ1) is 21.2. The Morgan fingerprint density at radius 3 is 2.67 bits per heavy atom. The maximum absolute atomic E-state index is 11.4. The van der Waals surface area contributed by atoms with Crippen molar-refractivity contribution >= 4 is 16.0 Å². The Labute approximate surface area is 147 Å². The summed E-state index contributed by atoms with van der Waals surface area (Å²) in [6.45, 7) is 10.7. The summed E-state index contributed by atoms with van der Waals surface area (Å²) in [6, 6.07) is 0.695. The second kappa shape index (κ2) is 11.7. The molecule has 0 bridgehead atoms. The van der Waals surface area contributed by atoms with Crippen LogP contribution in [0.2, 0.25) is 0 Å². The first-order chi connectivity index (χ1) is 11.5. The number of aliphatic imine (C=N–C) groups is 1. The number of guanidine groups is 1. The fraction of sp³-hybridized carbons (Fsp3) is 0.938. The van der Waals surface area contributed by atoms with Crippen molar-refractivity contribution in [2.75, 3.05) is 45.0 Å². The zero-order valence-electron chi connectivity index (χ0n) is 15.5. The highest BCUT2D eigenvalue weighted by molar-refractivity contribution is 7.89. The number of likely N-dealkylation sites (tertiary alicyclic amines) is 1. The minimum Gasteiger partial charge on any atom is -0.357 e. The Kier molecular flexibility index (Phi) is 10.3. The largest absolute Gasteiger partial charge is 0.357 e. The van der Waals surface area contributed by atoms with Crippen molar-refractivity contribution in [3.8, 4) is 0 Å². The van der Waals surface area contributed by atoms with Crippen molar-refractivity contribution in [1.82, 2.24) is 20.3 Å². The molecule has 0 spiro atoms. The van der Waals surface area contributed by atoms with Crippen LogP contribution in [0.15, 0.2) is 4.99 Å². The van der Waals surface area contributed by atoms with Gasteiger partial charge in [-0.2, -0.15) is 0 Å². The molecule has 142 valence electrons. The fourth-order valence-corrected chi connectivity index (χ4v) is 3.40. The van der Waals surface area contributed by atoms with Gasteiger partial charge in [-0.05, 0) is 46.6 Å². The Bertz CT molecular complexity index is 467. The smallest absolute Gasteiger partial charge is 0.211 e. The predicted molar refractivity (Wildman–Crippen MR) is 101 cm³/mol. The van der Waals surface area contributed by atoms with Crippen LogP contribution in [0.3, 0.4) is 0 Å². The molecule has 1 atom stereocenters. The van der Waals surface area contributed by atoms with Crippen LogP contribution in [0.4, 0.5) is 0 Å². The van der Waals surface area contributed by atoms with E-state index < -0.39 is 10.0 Å². The van der Waals surface area contributed by atoms with Gasteiger partial charge in [0.1, 0.15) is 0 Å².